The molecule has 1 rings (SSSR count). The van der Waals surface area contributed by atoms with Gasteiger partial charge in [-0.15, -0.1) is 0 Å². The Hall–Kier alpha value is -1.91. The van der Waals surface area contributed by atoms with Crippen molar-refractivity contribution in [3.8, 4) is 5.75 Å². The van der Waals surface area contributed by atoms with Gasteiger partial charge in [0.25, 0.3) is 0 Å². The molecule has 0 atom stereocenters. The number of nitrogens with zero attached hydrogens (tertiary/aromatic N) is 1. The first-order chi connectivity index (χ1) is 6.15. The highest BCUT2D eigenvalue weighted by molar-refractivity contribution is 5.93. The molecule has 0 radical (unpaired) electrons. The summed E-state index contributed by atoms with van der Waals surface area (Å²) in [5, 5.41) is 18.9. The van der Waals surface area contributed by atoms with Crippen LogP contribution >= 0.6 is 0 Å². The Kier molecular flexibility index (Phi) is 2.59. The lowest BCUT2D eigenvalue weighted by atomic mass is 10.2. The third-order valence-corrected chi connectivity index (χ3v) is 1.57. The van der Waals surface area contributed by atoms with E-state index < -0.39 is 0 Å². The number of methoxy groups -OCH3 is 1. The molecule has 0 spiro atoms. The molecule has 0 heterocycles. The number of benzene rings is 1. The summed E-state index contributed by atoms with van der Waals surface area (Å²) < 4.78 is 4.91. The molecular formula is C8H10N2O3. The van der Waals surface area contributed by atoms with Gasteiger partial charge in [0, 0.05) is 0 Å². The summed E-state index contributed by atoms with van der Waals surface area (Å²) in [6.45, 7) is 0. The van der Waals surface area contributed by atoms with Gasteiger partial charge in [-0.25, -0.2) is 0 Å². The Bertz CT molecular complexity index is 332. The first kappa shape index (κ1) is 9.18. The number of hydrogen-bond donors (Lipinski definition) is 2. The van der Waals surface area contributed by atoms with E-state index in [2.05, 4.69) is 0 Å². The molecule has 0 unspecified atom stereocenters. The molecule has 0 fully saturated rings. The molecule has 0 saturated heterocycles. The standard InChI is InChI=1S/C8H10N2O3/c1-13-7-4-2-3-6(5-7)8(9)10(11)12/h2-5H,9H2,1H3,(H,11,12). The summed E-state index contributed by atoms with van der Waals surface area (Å²) in [6.07, 6.45) is 0. The van der Waals surface area contributed by atoms with Gasteiger partial charge in [-0.3, -0.25) is 5.73 Å². The minimum absolute atomic E-state index is 0.265. The molecule has 0 aliphatic rings. The second kappa shape index (κ2) is 3.66. The predicted octanol–water partition coefficient (Wildman–Crippen LogP) is 0.300. The number of nitrogens with two attached hydrogens (primary N) is 1. The number of rotatable bonds is 2. The van der Waals surface area contributed by atoms with Crippen LogP contribution in [0, 0.1) is 5.21 Å². The molecule has 0 saturated carbocycles. The average Bonchev–Trinajstić information content (AvgIpc) is 2.16. The van der Waals surface area contributed by atoms with Crippen molar-refractivity contribution in [2.45, 2.75) is 0 Å². The first-order valence-electron chi connectivity index (χ1n) is 3.58. The highest BCUT2D eigenvalue weighted by Crippen LogP contribution is 2.11. The fraction of sp³-hybridized carbons (Fsp3) is 0.125. The van der Waals surface area contributed by atoms with Gasteiger partial charge in [0.2, 0.25) is 0 Å². The molecule has 70 valence electrons. The fourth-order valence-corrected chi connectivity index (χ4v) is 0.893. The summed E-state index contributed by atoms with van der Waals surface area (Å²) in [6, 6.07) is 6.53. The van der Waals surface area contributed by atoms with E-state index in [0.29, 0.717) is 11.3 Å². The topological polar surface area (TPSA) is 81.5 Å². The number of hydrogen-bond acceptors (Lipinski definition) is 3. The van der Waals surface area contributed by atoms with E-state index in [-0.39, 0.29) is 10.7 Å². The zero-order valence-electron chi connectivity index (χ0n) is 7.10. The van der Waals surface area contributed by atoms with Crippen LogP contribution in [0.15, 0.2) is 24.3 Å². The van der Waals surface area contributed by atoms with Crippen molar-refractivity contribution in [2.24, 2.45) is 5.73 Å². The minimum atomic E-state index is -0.380. The zero-order valence-corrected chi connectivity index (χ0v) is 7.10. The summed E-state index contributed by atoms with van der Waals surface area (Å²) in [7, 11) is 1.50. The van der Waals surface area contributed by atoms with E-state index in [4.69, 9.17) is 15.7 Å². The van der Waals surface area contributed by atoms with Crippen molar-refractivity contribution in [3.63, 3.8) is 0 Å². The maximum absolute atomic E-state index is 10.4. The van der Waals surface area contributed by atoms with Crippen LogP contribution in [0.25, 0.3) is 0 Å². The van der Waals surface area contributed by atoms with Gasteiger partial charge in [-0.05, 0) is 23.1 Å². The third kappa shape index (κ3) is 2.02. The van der Waals surface area contributed by atoms with E-state index in [9.17, 15) is 5.21 Å². The fourth-order valence-electron chi connectivity index (χ4n) is 0.893. The highest BCUT2D eigenvalue weighted by atomic mass is 16.8. The Morgan fingerprint density at radius 1 is 1.62 bits per heavy atom. The molecule has 5 heteroatoms. The van der Waals surface area contributed by atoms with Gasteiger partial charge in [0.15, 0.2) is 0 Å². The van der Waals surface area contributed by atoms with Crippen LogP contribution < -0.4 is 10.5 Å². The Morgan fingerprint density at radius 2 is 2.31 bits per heavy atom. The monoisotopic (exact) mass is 182 g/mol. The normalized spacial score (nSPS) is 12.1. The van der Waals surface area contributed by atoms with Crippen LogP contribution in [0.5, 0.6) is 5.75 Å². The Labute approximate surface area is 75.2 Å². The maximum Gasteiger partial charge on any atom is 0.320 e. The Balaban J connectivity index is 3.09. The second-order valence-electron chi connectivity index (χ2n) is 2.39. The summed E-state index contributed by atoms with van der Waals surface area (Å²) >= 11 is 0. The zero-order chi connectivity index (χ0) is 9.84. The average molecular weight is 182 g/mol. The molecule has 0 aliphatic heterocycles. The third-order valence-electron chi connectivity index (χ3n) is 1.57. The smallest absolute Gasteiger partial charge is 0.320 e. The van der Waals surface area contributed by atoms with Gasteiger partial charge in [-0.1, -0.05) is 6.07 Å². The summed E-state index contributed by atoms with van der Waals surface area (Å²) in [5.41, 5.74) is 5.70. The molecule has 3 N–H and O–H groups in total. The van der Waals surface area contributed by atoms with Crippen molar-refractivity contribution in [1.29, 1.82) is 0 Å². The van der Waals surface area contributed by atoms with Crippen LogP contribution in [-0.4, -0.2) is 23.1 Å². The van der Waals surface area contributed by atoms with Gasteiger partial charge >= 0.3 is 5.84 Å². The lowest BCUT2D eigenvalue weighted by Crippen LogP contribution is -2.23. The first-order valence-corrected chi connectivity index (χ1v) is 3.58. The minimum Gasteiger partial charge on any atom is -0.497 e. The van der Waals surface area contributed by atoms with Crippen LogP contribution in [0.3, 0.4) is 0 Å². The summed E-state index contributed by atoms with van der Waals surface area (Å²) in [4.78, 5) is -0.380. The molecule has 5 nitrogen and oxygen atoms in total. The molecule has 0 aliphatic carbocycles. The van der Waals surface area contributed by atoms with Crippen LogP contribution in [0.4, 0.5) is 0 Å². The molecule has 1 aromatic carbocycles. The second-order valence-corrected chi connectivity index (χ2v) is 2.39. The Morgan fingerprint density at radius 3 is 2.85 bits per heavy atom. The highest BCUT2D eigenvalue weighted by Gasteiger charge is 2.07. The van der Waals surface area contributed by atoms with E-state index in [1.54, 1.807) is 24.3 Å². The van der Waals surface area contributed by atoms with Gasteiger partial charge in [0.1, 0.15) is 5.75 Å². The molecule has 0 bridgehead atoms. The van der Waals surface area contributed by atoms with Crippen LogP contribution in [-0.2, 0) is 0 Å². The van der Waals surface area contributed by atoms with Gasteiger partial charge in [0.05, 0.1) is 12.7 Å². The number of ether oxygens (including phenoxy) is 1. The van der Waals surface area contributed by atoms with E-state index in [1.807, 2.05) is 0 Å². The maximum atomic E-state index is 10.4. The molecule has 0 aromatic heterocycles. The van der Waals surface area contributed by atoms with Crippen molar-refractivity contribution in [2.75, 3.05) is 7.11 Å². The van der Waals surface area contributed by atoms with Crippen molar-refractivity contribution in [1.82, 2.24) is 0 Å². The molecule has 13 heavy (non-hydrogen) atoms. The molecular weight excluding hydrogens is 172 g/mol. The van der Waals surface area contributed by atoms with E-state index in [0.717, 1.165) is 0 Å². The lowest BCUT2D eigenvalue weighted by Gasteiger charge is -2.02. The molecule has 1 aromatic rings. The lowest BCUT2D eigenvalue weighted by molar-refractivity contribution is -0.726. The summed E-state index contributed by atoms with van der Waals surface area (Å²) in [5.74, 6) is 0.307. The van der Waals surface area contributed by atoms with E-state index >= 15 is 0 Å². The predicted molar refractivity (Wildman–Crippen MR) is 46.7 cm³/mol. The van der Waals surface area contributed by atoms with Crippen molar-refractivity contribution >= 4 is 5.84 Å². The van der Waals surface area contributed by atoms with E-state index in [1.165, 1.54) is 7.11 Å². The quantitative estimate of drug-likeness (QED) is 0.226. The van der Waals surface area contributed by atoms with Crippen LogP contribution in [0.2, 0.25) is 0 Å². The van der Waals surface area contributed by atoms with Gasteiger partial charge in [-0.2, -0.15) is 0 Å². The number of amidine groups is 1. The van der Waals surface area contributed by atoms with Gasteiger partial charge < -0.3 is 15.2 Å². The van der Waals surface area contributed by atoms with Crippen molar-refractivity contribution < 1.29 is 14.8 Å². The SMILES string of the molecule is COc1cccc(C(N)=[N+]([O-])O)c1. The largest absolute Gasteiger partial charge is 0.497 e. The van der Waals surface area contributed by atoms with Crippen molar-refractivity contribution in [3.05, 3.63) is 35.0 Å². The molecule has 0 amide bonds. The van der Waals surface area contributed by atoms with Crippen LogP contribution in [0.1, 0.15) is 5.56 Å².